The van der Waals surface area contributed by atoms with Crippen LogP contribution in [0.5, 0.6) is 11.5 Å². The van der Waals surface area contributed by atoms with Crippen molar-refractivity contribution in [3.63, 3.8) is 0 Å². The van der Waals surface area contributed by atoms with Crippen LogP contribution in [0, 0.1) is 10.1 Å². The number of esters is 1. The van der Waals surface area contributed by atoms with Gasteiger partial charge in [0.1, 0.15) is 5.69 Å². The summed E-state index contributed by atoms with van der Waals surface area (Å²) in [5, 5.41) is 11.8. The molecule has 2 heterocycles. The zero-order valence-corrected chi connectivity index (χ0v) is 17.3. The molecular formula is C23H24N2O6. The van der Waals surface area contributed by atoms with Crippen molar-refractivity contribution in [2.75, 3.05) is 31.8 Å². The minimum atomic E-state index is -0.513. The van der Waals surface area contributed by atoms with Crippen molar-refractivity contribution in [1.29, 1.82) is 0 Å². The summed E-state index contributed by atoms with van der Waals surface area (Å²) in [4.78, 5) is 24.9. The lowest BCUT2D eigenvalue weighted by molar-refractivity contribution is -0.384. The van der Waals surface area contributed by atoms with E-state index >= 15 is 0 Å². The van der Waals surface area contributed by atoms with Crippen LogP contribution in [-0.2, 0) is 9.53 Å². The van der Waals surface area contributed by atoms with Crippen molar-refractivity contribution in [3.8, 4) is 11.5 Å². The highest BCUT2D eigenvalue weighted by Gasteiger charge is 2.31. The number of benzene rings is 2. The van der Waals surface area contributed by atoms with E-state index < -0.39 is 5.97 Å². The average molecular weight is 424 g/mol. The monoisotopic (exact) mass is 424 g/mol. The molecule has 31 heavy (non-hydrogen) atoms. The molecule has 2 aliphatic rings. The Hall–Kier alpha value is -3.55. The summed E-state index contributed by atoms with van der Waals surface area (Å²) < 4.78 is 16.1. The van der Waals surface area contributed by atoms with Gasteiger partial charge in [0.05, 0.1) is 31.3 Å². The largest absolute Gasteiger partial charge is 0.490 e. The quantitative estimate of drug-likeness (QED) is 0.306. The number of rotatable bonds is 5. The summed E-state index contributed by atoms with van der Waals surface area (Å²) in [5.41, 5.74) is 2.18. The second-order valence-electron chi connectivity index (χ2n) is 7.47. The molecule has 8 heteroatoms. The molecule has 0 N–H and O–H groups in total. The Balaban J connectivity index is 1.65. The molecule has 1 saturated heterocycles. The molecule has 162 valence electrons. The number of nitro benzene ring substituents is 1. The number of ether oxygens (including phenoxy) is 3. The summed E-state index contributed by atoms with van der Waals surface area (Å²) in [6, 6.07) is 10.9. The number of nitrogens with zero attached hydrogens (tertiary/aromatic N) is 2. The maximum atomic E-state index is 11.8. The highest BCUT2D eigenvalue weighted by molar-refractivity contribution is 5.87. The molecule has 1 atom stereocenters. The van der Waals surface area contributed by atoms with Crippen molar-refractivity contribution >= 4 is 23.4 Å². The van der Waals surface area contributed by atoms with Crippen LogP contribution in [-0.4, -0.2) is 37.8 Å². The fraction of sp³-hybridized carbons (Fsp3) is 0.348. The Morgan fingerprint density at radius 2 is 1.97 bits per heavy atom. The lowest BCUT2D eigenvalue weighted by Crippen LogP contribution is -2.23. The van der Waals surface area contributed by atoms with E-state index in [1.54, 1.807) is 12.1 Å². The van der Waals surface area contributed by atoms with Crippen molar-refractivity contribution < 1.29 is 23.9 Å². The predicted molar refractivity (Wildman–Crippen MR) is 116 cm³/mol. The van der Waals surface area contributed by atoms with Crippen LogP contribution in [0.1, 0.15) is 36.4 Å². The van der Waals surface area contributed by atoms with Gasteiger partial charge >= 0.3 is 5.97 Å². The summed E-state index contributed by atoms with van der Waals surface area (Å²) >= 11 is 0. The molecular weight excluding hydrogens is 400 g/mol. The van der Waals surface area contributed by atoms with Crippen LogP contribution in [0.3, 0.4) is 0 Å². The fourth-order valence-electron chi connectivity index (χ4n) is 4.05. The smallest absolute Gasteiger partial charge is 0.330 e. The van der Waals surface area contributed by atoms with Gasteiger partial charge < -0.3 is 19.1 Å². The van der Waals surface area contributed by atoms with Crippen molar-refractivity contribution in [2.45, 2.75) is 25.3 Å². The maximum Gasteiger partial charge on any atom is 0.330 e. The van der Waals surface area contributed by atoms with E-state index in [0.29, 0.717) is 24.5 Å². The maximum absolute atomic E-state index is 11.8. The molecule has 0 spiro atoms. The average Bonchev–Trinajstić information content (AvgIpc) is 3.15. The summed E-state index contributed by atoms with van der Waals surface area (Å²) in [5.74, 6) is 0.943. The molecule has 0 radical (unpaired) electrons. The SMILES string of the molecule is COC(=O)C=Cc1ccc(N2CCCC2c2ccc3c(c2)OCCCO3)c([N+](=O)[O-])c1. The van der Waals surface area contributed by atoms with Crippen molar-refractivity contribution in [1.82, 2.24) is 0 Å². The van der Waals surface area contributed by atoms with Crippen molar-refractivity contribution in [2.24, 2.45) is 0 Å². The zero-order valence-electron chi connectivity index (χ0n) is 17.3. The van der Waals surface area contributed by atoms with Gasteiger partial charge in [0, 0.05) is 25.1 Å². The molecule has 1 unspecified atom stereocenters. The Morgan fingerprint density at radius 3 is 2.74 bits per heavy atom. The number of anilines is 1. The van der Waals surface area contributed by atoms with Gasteiger partial charge in [-0.3, -0.25) is 10.1 Å². The van der Waals surface area contributed by atoms with Gasteiger partial charge in [-0.05, 0) is 48.2 Å². The number of carbonyl (C=O) groups excluding carboxylic acids is 1. The van der Waals surface area contributed by atoms with E-state index in [4.69, 9.17) is 9.47 Å². The first-order valence-electron chi connectivity index (χ1n) is 10.3. The highest BCUT2D eigenvalue weighted by atomic mass is 16.6. The molecule has 0 bridgehead atoms. The van der Waals surface area contributed by atoms with Crippen LogP contribution in [0.25, 0.3) is 6.08 Å². The summed E-state index contributed by atoms with van der Waals surface area (Å²) in [6.07, 6.45) is 5.41. The zero-order chi connectivity index (χ0) is 21.8. The topological polar surface area (TPSA) is 91.1 Å². The lowest BCUT2D eigenvalue weighted by atomic mass is 10.0. The summed E-state index contributed by atoms with van der Waals surface area (Å²) in [7, 11) is 1.28. The van der Waals surface area contributed by atoms with E-state index in [1.165, 1.54) is 25.3 Å². The number of hydrogen-bond donors (Lipinski definition) is 0. The second-order valence-corrected chi connectivity index (χ2v) is 7.47. The van der Waals surface area contributed by atoms with Crippen LogP contribution in [0.15, 0.2) is 42.5 Å². The fourth-order valence-corrected chi connectivity index (χ4v) is 4.05. The Labute approximate surface area is 180 Å². The van der Waals surface area contributed by atoms with E-state index in [1.807, 2.05) is 18.2 Å². The van der Waals surface area contributed by atoms with Gasteiger partial charge in [-0.1, -0.05) is 12.1 Å². The van der Waals surface area contributed by atoms with E-state index in [9.17, 15) is 14.9 Å². The first-order chi connectivity index (χ1) is 15.1. The molecule has 2 aliphatic heterocycles. The number of nitro groups is 1. The van der Waals surface area contributed by atoms with Gasteiger partial charge in [0.15, 0.2) is 11.5 Å². The Kier molecular flexibility index (Phi) is 6.06. The van der Waals surface area contributed by atoms with E-state index in [0.717, 1.165) is 42.9 Å². The minimum Gasteiger partial charge on any atom is -0.490 e. The molecule has 0 amide bonds. The summed E-state index contributed by atoms with van der Waals surface area (Å²) in [6.45, 7) is 1.96. The van der Waals surface area contributed by atoms with Crippen LogP contribution in [0.4, 0.5) is 11.4 Å². The molecule has 2 aromatic rings. The molecule has 8 nitrogen and oxygen atoms in total. The van der Waals surface area contributed by atoms with Crippen LogP contribution >= 0.6 is 0 Å². The highest BCUT2D eigenvalue weighted by Crippen LogP contribution is 2.43. The third kappa shape index (κ3) is 4.47. The van der Waals surface area contributed by atoms with Crippen molar-refractivity contribution in [3.05, 3.63) is 63.7 Å². The van der Waals surface area contributed by atoms with Gasteiger partial charge in [-0.15, -0.1) is 0 Å². The van der Waals surface area contributed by atoms with Crippen LogP contribution < -0.4 is 14.4 Å². The molecule has 4 rings (SSSR count). The van der Waals surface area contributed by atoms with E-state index in [-0.39, 0.29) is 16.7 Å². The lowest BCUT2D eigenvalue weighted by Gasteiger charge is -2.27. The predicted octanol–water partition coefficient (Wildman–Crippen LogP) is 4.28. The van der Waals surface area contributed by atoms with E-state index in [2.05, 4.69) is 9.64 Å². The molecule has 1 fully saturated rings. The van der Waals surface area contributed by atoms with Gasteiger partial charge in [0.2, 0.25) is 0 Å². The Morgan fingerprint density at radius 1 is 1.16 bits per heavy atom. The number of methoxy groups -OCH3 is 1. The third-order valence-electron chi connectivity index (χ3n) is 5.53. The third-order valence-corrected chi connectivity index (χ3v) is 5.53. The molecule has 2 aromatic carbocycles. The standard InChI is InChI=1S/C23H24N2O6/c1-29-23(26)10-6-16-5-8-19(20(14-16)25(27)28)24-11-2-4-18(24)17-7-9-21-22(15-17)31-13-3-12-30-21/h5-10,14-15,18H,2-4,11-13H2,1H3. The molecule has 0 saturated carbocycles. The van der Waals surface area contributed by atoms with Gasteiger partial charge in [-0.2, -0.15) is 0 Å². The minimum absolute atomic E-state index is 0.00677. The first kappa shape index (κ1) is 20.7. The second kappa shape index (κ2) is 9.07. The molecule has 0 aromatic heterocycles. The Bertz CT molecular complexity index is 1020. The number of fused-ring (bicyclic) bond motifs is 1. The number of carbonyl (C=O) groups is 1. The van der Waals surface area contributed by atoms with Gasteiger partial charge in [-0.25, -0.2) is 4.79 Å². The number of hydrogen-bond acceptors (Lipinski definition) is 7. The van der Waals surface area contributed by atoms with Gasteiger partial charge in [0.25, 0.3) is 5.69 Å². The molecule has 0 aliphatic carbocycles. The normalized spacial score (nSPS) is 18.1. The van der Waals surface area contributed by atoms with Crippen LogP contribution in [0.2, 0.25) is 0 Å². The first-order valence-corrected chi connectivity index (χ1v) is 10.3.